The maximum absolute atomic E-state index is 12.4. The maximum Gasteiger partial charge on any atom is 0.225 e. The largest absolute Gasteiger partial charge is 0.378 e. The zero-order chi connectivity index (χ0) is 19.2. The van der Waals surface area contributed by atoms with Gasteiger partial charge in [0.05, 0.1) is 13.2 Å². The van der Waals surface area contributed by atoms with Crippen molar-refractivity contribution < 1.29 is 9.53 Å². The molecule has 28 heavy (non-hydrogen) atoms. The lowest BCUT2D eigenvalue weighted by molar-refractivity contribution is 0.104. The van der Waals surface area contributed by atoms with E-state index in [2.05, 4.69) is 27.0 Å². The second-order valence-corrected chi connectivity index (χ2v) is 6.56. The van der Waals surface area contributed by atoms with Crippen LogP contribution in [0.1, 0.15) is 15.9 Å². The van der Waals surface area contributed by atoms with Crippen molar-refractivity contribution in [2.45, 2.75) is 0 Å². The quantitative estimate of drug-likeness (QED) is 0.503. The Labute approximate surface area is 164 Å². The monoisotopic (exact) mass is 371 g/mol. The minimum Gasteiger partial charge on any atom is -0.378 e. The number of ether oxygens (including phenoxy) is 1. The average Bonchev–Trinajstić information content (AvgIpc) is 2.79. The Morgan fingerprint density at radius 1 is 0.893 bits per heavy atom. The zero-order valence-corrected chi connectivity index (χ0v) is 15.5. The van der Waals surface area contributed by atoms with Crippen LogP contribution in [0.3, 0.4) is 0 Å². The molecule has 3 aromatic rings. The second kappa shape index (κ2) is 8.59. The molecule has 1 aliphatic rings. The lowest BCUT2D eigenvalue weighted by Crippen LogP contribution is -2.37. The van der Waals surface area contributed by atoms with Gasteiger partial charge in [0.2, 0.25) is 5.95 Å². The van der Waals surface area contributed by atoms with Crippen molar-refractivity contribution >= 4 is 17.8 Å². The van der Waals surface area contributed by atoms with Crippen LogP contribution in [0.15, 0.2) is 73.1 Å². The Bertz CT molecular complexity index is 945. The summed E-state index contributed by atoms with van der Waals surface area (Å²) in [5.74, 6) is 0.653. The predicted molar refractivity (Wildman–Crippen MR) is 110 cm³/mol. The SMILES string of the molecule is O=C(/C=C/c1cnc(N2CCOCC2)nc1)c1ccc(-c2ccccc2)cc1. The summed E-state index contributed by atoms with van der Waals surface area (Å²) in [7, 11) is 0. The van der Waals surface area contributed by atoms with Gasteiger partial charge < -0.3 is 9.64 Å². The maximum atomic E-state index is 12.4. The summed E-state index contributed by atoms with van der Waals surface area (Å²) in [6.45, 7) is 2.99. The van der Waals surface area contributed by atoms with Crippen LogP contribution in [-0.2, 0) is 4.74 Å². The van der Waals surface area contributed by atoms with E-state index in [0.29, 0.717) is 24.7 Å². The van der Waals surface area contributed by atoms with Crippen LogP contribution in [0.5, 0.6) is 0 Å². The van der Waals surface area contributed by atoms with Crippen LogP contribution in [0.2, 0.25) is 0 Å². The minimum atomic E-state index is -0.0446. The van der Waals surface area contributed by atoms with Gasteiger partial charge in [-0.1, -0.05) is 54.6 Å². The third-order valence-electron chi connectivity index (χ3n) is 4.66. The fraction of sp³-hybridized carbons (Fsp3) is 0.174. The molecule has 2 heterocycles. The van der Waals surface area contributed by atoms with E-state index in [-0.39, 0.29) is 5.78 Å². The van der Waals surface area contributed by atoms with E-state index >= 15 is 0 Å². The van der Waals surface area contributed by atoms with E-state index in [9.17, 15) is 4.79 Å². The van der Waals surface area contributed by atoms with Crippen molar-refractivity contribution in [3.05, 3.63) is 84.2 Å². The smallest absolute Gasteiger partial charge is 0.225 e. The van der Waals surface area contributed by atoms with Gasteiger partial charge in [-0.25, -0.2) is 9.97 Å². The first-order valence-electron chi connectivity index (χ1n) is 9.32. The van der Waals surface area contributed by atoms with Gasteiger partial charge >= 0.3 is 0 Å². The minimum absolute atomic E-state index is 0.0446. The van der Waals surface area contributed by atoms with Crippen LogP contribution in [0.25, 0.3) is 17.2 Å². The number of carbonyl (C=O) groups excluding carboxylic acids is 1. The molecular formula is C23H21N3O2. The third-order valence-corrected chi connectivity index (χ3v) is 4.66. The van der Waals surface area contributed by atoms with Crippen molar-refractivity contribution in [3.63, 3.8) is 0 Å². The topological polar surface area (TPSA) is 55.3 Å². The predicted octanol–water partition coefficient (Wildman–Crippen LogP) is 3.88. The fourth-order valence-corrected chi connectivity index (χ4v) is 3.07. The van der Waals surface area contributed by atoms with Crippen LogP contribution < -0.4 is 4.90 Å². The van der Waals surface area contributed by atoms with Crippen LogP contribution in [0.4, 0.5) is 5.95 Å². The Morgan fingerprint density at radius 2 is 1.54 bits per heavy atom. The first-order valence-corrected chi connectivity index (χ1v) is 9.32. The van der Waals surface area contributed by atoms with E-state index in [1.165, 1.54) is 0 Å². The van der Waals surface area contributed by atoms with Gasteiger partial charge in [0.1, 0.15) is 0 Å². The molecule has 4 rings (SSSR count). The molecule has 0 unspecified atom stereocenters. The first-order chi connectivity index (χ1) is 13.8. The van der Waals surface area contributed by atoms with E-state index in [4.69, 9.17) is 4.74 Å². The summed E-state index contributed by atoms with van der Waals surface area (Å²) < 4.78 is 5.34. The van der Waals surface area contributed by atoms with Crippen molar-refractivity contribution in [2.24, 2.45) is 0 Å². The number of ketones is 1. The van der Waals surface area contributed by atoms with Crippen LogP contribution >= 0.6 is 0 Å². The highest BCUT2D eigenvalue weighted by Crippen LogP contribution is 2.19. The first kappa shape index (κ1) is 18.1. The molecule has 140 valence electrons. The highest BCUT2D eigenvalue weighted by atomic mass is 16.5. The molecular weight excluding hydrogens is 350 g/mol. The summed E-state index contributed by atoms with van der Waals surface area (Å²) in [6.07, 6.45) is 6.78. The van der Waals surface area contributed by atoms with Crippen molar-refractivity contribution in [2.75, 3.05) is 31.2 Å². The lowest BCUT2D eigenvalue weighted by atomic mass is 10.0. The molecule has 0 bridgehead atoms. The molecule has 1 fully saturated rings. The number of anilines is 1. The van der Waals surface area contributed by atoms with Gasteiger partial charge in [-0.15, -0.1) is 0 Å². The number of benzene rings is 2. The van der Waals surface area contributed by atoms with Crippen LogP contribution in [-0.4, -0.2) is 42.1 Å². The van der Waals surface area contributed by atoms with Crippen LogP contribution in [0, 0.1) is 0 Å². The summed E-state index contributed by atoms with van der Waals surface area (Å²) in [4.78, 5) is 23.3. The zero-order valence-electron chi connectivity index (χ0n) is 15.5. The standard InChI is InChI=1S/C23H21N3O2/c27-22(21-9-7-20(8-10-21)19-4-2-1-3-5-19)11-6-18-16-24-23(25-17-18)26-12-14-28-15-13-26/h1-11,16-17H,12-15H2/b11-6+. The molecule has 0 atom stereocenters. The number of hydrogen-bond donors (Lipinski definition) is 0. The molecule has 0 radical (unpaired) electrons. The highest BCUT2D eigenvalue weighted by Gasteiger charge is 2.13. The molecule has 5 heteroatoms. The average molecular weight is 371 g/mol. The normalized spacial score (nSPS) is 14.4. The van der Waals surface area contributed by atoms with Gasteiger partial charge in [-0.05, 0) is 23.3 Å². The fourth-order valence-electron chi connectivity index (χ4n) is 3.07. The molecule has 1 aliphatic heterocycles. The Kier molecular flexibility index (Phi) is 5.54. The molecule has 0 aliphatic carbocycles. The summed E-state index contributed by atoms with van der Waals surface area (Å²) in [6, 6.07) is 17.7. The molecule has 0 spiro atoms. The van der Waals surface area contributed by atoms with E-state index in [0.717, 1.165) is 29.8 Å². The molecule has 0 saturated carbocycles. The van der Waals surface area contributed by atoms with E-state index < -0.39 is 0 Å². The molecule has 2 aromatic carbocycles. The van der Waals surface area contributed by atoms with Gasteiger partial charge in [0, 0.05) is 36.6 Å². The second-order valence-electron chi connectivity index (χ2n) is 6.56. The number of rotatable bonds is 5. The van der Waals surface area contributed by atoms with Gasteiger partial charge in [-0.3, -0.25) is 4.79 Å². The molecule has 5 nitrogen and oxygen atoms in total. The van der Waals surface area contributed by atoms with Crippen molar-refractivity contribution in [1.29, 1.82) is 0 Å². The molecule has 1 saturated heterocycles. The number of allylic oxidation sites excluding steroid dienone is 1. The van der Waals surface area contributed by atoms with Gasteiger partial charge in [0.25, 0.3) is 0 Å². The van der Waals surface area contributed by atoms with Crippen molar-refractivity contribution in [1.82, 2.24) is 9.97 Å². The Morgan fingerprint density at radius 3 is 2.21 bits per heavy atom. The van der Waals surface area contributed by atoms with E-state index in [1.54, 1.807) is 24.5 Å². The van der Waals surface area contributed by atoms with Crippen molar-refractivity contribution in [3.8, 4) is 11.1 Å². The lowest BCUT2D eigenvalue weighted by Gasteiger charge is -2.26. The summed E-state index contributed by atoms with van der Waals surface area (Å²) in [5, 5.41) is 0. The van der Waals surface area contributed by atoms with E-state index in [1.807, 2.05) is 42.5 Å². The highest BCUT2D eigenvalue weighted by molar-refractivity contribution is 6.07. The Balaban J connectivity index is 1.41. The molecule has 0 amide bonds. The summed E-state index contributed by atoms with van der Waals surface area (Å²) in [5.41, 5.74) is 3.68. The third kappa shape index (κ3) is 4.32. The number of nitrogens with zero attached hydrogens (tertiary/aromatic N) is 3. The van der Waals surface area contributed by atoms with Gasteiger partial charge in [0.15, 0.2) is 5.78 Å². The molecule has 1 aromatic heterocycles. The van der Waals surface area contributed by atoms with Gasteiger partial charge in [-0.2, -0.15) is 0 Å². The molecule has 0 N–H and O–H groups in total. The number of aromatic nitrogens is 2. The summed E-state index contributed by atoms with van der Waals surface area (Å²) >= 11 is 0. The number of hydrogen-bond acceptors (Lipinski definition) is 5. The number of carbonyl (C=O) groups is 1. The Hall–Kier alpha value is -3.31. The number of morpholine rings is 1.